The van der Waals surface area contributed by atoms with Gasteiger partial charge in [0.15, 0.2) is 15.8 Å². The van der Waals surface area contributed by atoms with Crippen molar-refractivity contribution in [3.05, 3.63) is 59.0 Å². The highest BCUT2D eigenvalue weighted by molar-refractivity contribution is 8.26. The second kappa shape index (κ2) is 9.94. The highest BCUT2D eigenvalue weighted by Gasteiger charge is 2.55. The molecule has 4 aliphatic carbocycles. The number of carbonyl (C=O) groups excluding carboxylic acids is 2. The lowest BCUT2D eigenvalue weighted by atomic mass is 9.49. The first-order chi connectivity index (χ1) is 18.7. The van der Waals surface area contributed by atoms with Crippen LogP contribution in [0.15, 0.2) is 58.3 Å². The minimum absolute atomic E-state index is 0.0221. The molecule has 4 bridgehead atoms. The van der Waals surface area contributed by atoms with Crippen LogP contribution in [0, 0.1) is 23.2 Å². The van der Waals surface area contributed by atoms with Crippen molar-refractivity contribution < 1.29 is 26.9 Å². The molecule has 0 radical (unpaired) electrons. The van der Waals surface area contributed by atoms with Gasteiger partial charge in [-0.15, -0.1) is 0 Å². The molecule has 7 rings (SSSR count). The zero-order valence-corrected chi connectivity index (χ0v) is 23.7. The van der Waals surface area contributed by atoms with E-state index in [0.29, 0.717) is 28.2 Å². The summed E-state index contributed by atoms with van der Waals surface area (Å²) in [5.41, 5.74) is 3.04. The van der Waals surface area contributed by atoms with E-state index in [-0.39, 0.29) is 26.6 Å². The number of hydrazine groups is 1. The van der Waals surface area contributed by atoms with E-state index in [1.165, 1.54) is 49.6 Å². The van der Waals surface area contributed by atoms with Crippen molar-refractivity contribution in [2.24, 2.45) is 23.2 Å². The van der Waals surface area contributed by atoms with Gasteiger partial charge in [0.25, 0.3) is 5.91 Å². The smallest absolute Gasteiger partial charge is 0.339 e. The fourth-order valence-corrected chi connectivity index (χ4v) is 9.06. The van der Waals surface area contributed by atoms with Gasteiger partial charge in [-0.3, -0.25) is 15.0 Å². The molecular formula is C28H28N2O6S3. The Morgan fingerprint density at radius 2 is 1.69 bits per heavy atom. The number of rotatable bonds is 7. The van der Waals surface area contributed by atoms with Crippen molar-refractivity contribution in [1.82, 2.24) is 10.4 Å². The van der Waals surface area contributed by atoms with E-state index < -0.39 is 21.4 Å². The van der Waals surface area contributed by atoms with Crippen molar-refractivity contribution in [3.8, 4) is 11.5 Å². The van der Waals surface area contributed by atoms with Gasteiger partial charge >= 0.3 is 10.1 Å². The van der Waals surface area contributed by atoms with Gasteiger partial charge in [0.1, 0.15) is 4.90 Å². The van der Waals surface area contributed by atoms with Crippen molar-refractivity contribution >= 4 is 56.3 Å². The molecule has 4 saturated carbocycles. The summed E-state index contributed by atoms with van der Waals surface area (Å²) in [5, 5.41) is 1.19. The van der Waals surface area contributed by atoms with Crippen LogP contribution in [0.5, 0.6) is 11.5 Å². The fraction of sp³-hybridized carbons (Fsp3) is 0.393. The quantitative estimate of drug-likeness (QED) is 0.278. The summed E-state index contributed by atoms with van der Waals surface area (Å²) >= 11 is 6.56. The van der Waals surface area contributed by atoms with Gasteiger partial charge < -0.3 is 8.92 Å². The van der Waals surface area contributed by atoms with E-state index in [9.17, 15) is 18.0 Å². The van der Waals surface area contributed by atoms with Crippen LogP contribution < -0.4 is 14.3 Å². The molecule has 5 fully saturated rings. The van der Waals surface area contributed by atoms with Crippen molar-refractivity contribution in [3.63, 3.8) is 0 Å². The fourth-order valence-electron chi connectivity index (χ4n) is 6.92. The van der Waals surface area contributed by atoms with Gasteiger partial charge in [0.2, 0.25) is 5.91 Å². The number of thiocarbonyl (C=S) groups is 1. The Morgan fingerprint density at radius 1 is 1.05 bits per heavy atom. The summed E-state index contributed by atoms with van der Waals surface area (Å²) in [5.74, 6) is 1.55. The number of ether oxygens (including phenoxy) is 1. The van der Waals surface area contributed by atoms with Crippen LogP contribution in [0.25, 0.3) is 6.08 Å². The number of thioether (sulfide) groups is 1. The summed E-state index contributed by atoms with van der Waals surface area (Å²) in [6, 6.07) is 12.5. The standard InChI is InChI=1S/C28H28N2O6S3/c1-35-23-12-17(7-8-22(23)36-39(33,34)21-5-3-2-4-6-21)13-24-25(31)30(27(37)38-24)29-26(32)28-14-18-9-19(15-28)11-20(10-18)16-28/h2-8,12-13,18-20H,9-11,14-16H2,1H3,(H,29,32)/b24-13-. The number of amides is 2. The van der Waals surface area contributed by atoms with E-state index in [0.717, 1.165) is 31.0 Å². The predicted molar refractivity (Wildman–Crippen MR) is 151 cm³/mol. The summed E-state index contributed by atoms with van der Waals surface area (Å²) in [7, 11) is -2.65. The first kappa shape index (κ1) is 26.3. The lowest BCUT2D eigenvalue weighted by molar-refractivity contribution is -0.152. The summed E-state index contributed by atoms with van der Waals surface area (Å²) in [4.78, 5) is 27.1. The zero-order chi connectivity index (χ0) is 27.4. The molecule has 1 aliphatic heterocycles. The molecule has 1 heterocycles. The van der Waals surface area contributed by atoms with Gasteiger partial charge in [-0.2, -0.15) is 13.4 Å². The number of nitrogens with one attached hydrogen (secondary N) is 1. The first-order valence-corrected chi connectivity index (χ1v) is 15.6. The Kier molecular flexibility index (Phi) is 6.71. The molecule has 204 valence electrons. The molecule has 1 N–H and O–H groups in total. The van der Waals surface area contributed by atoms with Crippen LogP contribution in [0.1, 0.15) is 44.1 Å². The van der Waals surface area contributed by atoms with Crippen LogP contribution in [0.4, 0.5) is 0 Å². The molecule has 2 aromatic rings. The summed E-state index contributed by atoms with van der Waals surface area (Å²) in [6.45, 7) is 0. The van der Waals surface area contributed by atoms with E-state index in [2.05, 4.69) is 5.43 Å². The maximum atomic E-state index is 13.5. The Balaban J connectivity index is 1.18. The molecule has 0 atom stereocenters. The van der Waals surface area contributed by atoms with Crippen molar-refractivity contribution in [1.29, 1.82) is 0 Å². The molecule has 8 nitrogen and oxygen atoms in total. The van der Waals surface area contributed by atoms with Crippen LogP contribution in [0.2, 0.25) is 0 Å². The second-order valence-corrected chi connectivity index (χ2v) is 14.1. The van der Waals surface area contributed by atoms with E-state index >= 15 is 0 Å². The predicted octanol–water partition coefficient (Wildman–Crippen LogP) is 4.91. The van der Waals surface area contributed by atoms with Gasteiger partial charge in [0.05, 0.1) is 17.4 Å². The SMILES string of the molecule is COc1cc(/C=C2\SC(=S)N(NC(=O)C34CC5CC(CC(C5)C3)C4)C2=O)ccc1OS(=O)(=O)c1ccccc1. The van der Waals surface area contributed by atoms with E-state index in [1.54, 1.807) is 36.4 Å². The number of carbonyl (C=O) groups is 2. The van der Waals surface area contributed by atoms with Gasteiger partial charge in [0, 0.05) is 0 Å². The molecule has 0 spiro atoms. The maximum Gasteiger partial charge on any atom is 0.339 e. The van der Waals surface area contributed by atoms with Crippen molar-refractivity contribution in [2.45, 2.75) is 43.4 Å². The molecule has 2 aromatic carbocycles. The van der Waals surface area contributed by atoms with Crippen LogP contribution in [0.3, 0.4) is 0 Å². The minimum atomic E-state index is -4.05. The van der Waals surface area contributed by atoms with Gasteiger partial charge in [-0.1, -0.05) is 36.0 Å². The van der Waals surface area contributed by atoms with Crippen LogP contribution in [-0.2, 0) is 19.7 Å². The molecule has 0 aromatic heterocycles. The van der Waals surface area contributed by atoms with Crippen LogP contribution >= 0.6 is 24.0 Å². The third-order valence-electron chi connectivity index (χ3n) is 8.24. The third-order valence-corrected chi connectivity index (χ3v) is 10.8. The number of hydrogen-bond acceptors (Lipinski definition) is 8. The minimum Gasteiger partial charge on any atom is -0.493 e. The summed E-state index contributed by atoms with van der Waals surface area (Å²) < 4.78 is 36.2. The van der Waals surface area contributed by atoms with E-state index in [1.807, 2.05) is 0 Å². The average Bonchev–Trinajstić information content (AvgIpc) is 3.16. The zero-order valence-electron chi connectivity index (χ0n) is 21.3. The molecule has 1 saturated heterocycles. The monoisotopic (exact) mass is 584 g/mol. The van der Waals surface area contributed by atoms with Gasteiger partial charge in [-0.25, -0.2) is 0 Å². The first-order valence-electron chi connectivity index (χ1n) is 12.9. The number of nitrogens with zero attached hydrogens (tertiary/aromatic N) is 1. The topological polar surface area (TPSA) is 102 Å². The molecule has 11 heteroatoms. The molecule has 5 aliphatic rings. The van der Waals surface area contributed by atoms with Gasteiger partial charge in [-0.05, 0) is 104 Å². The Morgan fingerprint density at radius 3 is 2.31 bits per heavy atom. The number of benzene rings is 2. The largest absolute Gasteiger partial charge is 0.493 e. The lowest BCUT2D eigenvalue weighted by Crippen LogP contribution is -2.57. The van der Waals surface area contributed by atoms with Crippen molar-refractivity contribution in [2.75, 3.05) is 7.11 Å². The number of hydrogen-bond donors (Lipinski definition) is 1. The molecule has 39 heavy (non-hydrogen) atoms. The molecule has 2 amide bonds. The van der Waals surface area contributed by atoms with Crippen LogP contribution in [-0.4, -0.2) is 36.7 Å². The normalized spacial score (nSPS) is 28.7. The Bertz CT molecular complexity index is 1450. The molecule has 0 unspecified atom stereocenters. The third kappa shape index (κ3) is 4.96. The molecular weight excluding hydrogens is 557 g/mol. The summed E-state index contributed by atoms with van der Waals surface area (Å²) in [6.07, 6.45) is 7.98. The Hall–Kier alpha value is -2.89. The highest BCUT2D eigenvalue weighted by atomic mass is 32.2. The van der Waals surface area contributed by atoms with E-state index in [4.69, 9.17) is 21.1 Å². The lowest BCUT2D eigenvalue weighted by Gasteiger charge is -2.55. The maximum absolute atomic E-state index is 13.5. The second-order valence-electron chi connectivity index (χ2n) is 10.9. The number of methoxy groups -OCH3 is 1. The Labute approximate surface area is 237 Å². The highest BCUT2D eigenvalue weighted by Crippen LogP contribution is 2.60. The average molecular weight is 585 g/mol.